The Morgan fingerprint density at radius 2 is 1.32 bits per heavy atom. The molecule has 7 atom stereocenters. The highest BCUT2D eigenvalue weighted by atomic mass is 32.1. The summed E-state index contributed by atoms with van der Waals surface area (Å²) in [6.45, 7) is 19.7. The molecule has 69 heavy (non-hydrogen) atoms. The largest absolute Gasteiger partial charge is 0.453 e. The molecule has 1 unspecified atom stereocenters. The highest BCUT2D eigenvalue weighted by Gasteiger charge is 2.45. The number of amides is 4. The van der Waals surface area contributed by atoms with Crippen LogP contribution in [0.2, 0.25) is 0 Å². The van der Waals surface area contributed by atoms with E-state index in [2.05, 4.69) is 66.4 Å². The third kappa shape index (κ3) is 9.17. The van der Waals surface area contributed by atoms with Crippen LogP contribution < -0.4 is 5.32 Å². The predicted octanol–water partition coefficient (Wildman–Crippen LogP) is 9.39. The van der Waals surface area contributed by atoms with Gasteiger partial charge < -0.3 is 45.4 Å². The van der Waals surface area contributed by atoms with Crippen molar-refractivity contribution in [1.29, 1.82) is 16.2 Å². The molecule has 0 spiro atoms. The van der Waals surface area contributed by atoms with Gasteiger partial charge in [-0.15, -0.1) is 49.0 Å². The Labute approximate surface area is 405 Å². The lowest BCUT2D eigenvalue weighted by molar-refractivity contribution is -0.137. The number of carbonyl (C=O) groups is 4. The van der Waals surface area contributed by atoms with Gasteiger partial charge in [-0.3, -0.25) is 19.9 Å². The number of methoxy groups -OCH3 is 1. The normalized spacial score (nSPS) is 19.2. The Balaban J connectivity index is 1.03. The van der Waals surface area contributed by atoms with E-state index in [0.29, 0.717) is 43.0 Å². The molecule has 8 rings (SSSR count). The number of fused-ring (bicyclic) bond motifs is 3. The number of hydrogen-bond acceptors (Lipinski definition) is 13. The standard InChI is InChI=1S/C50H51N11O6S2/c1-7-27-16-37(60(24-27)47(62)43(29(8-2)9-3)58-49(64)66-6)45-54-33-14-12-31(18-35(33)56-45)39-20-41-42(68-39)21-40(69-41)32-13-15-34-36(19-32)57-46(55-34)38-17-28(22-51)25-61(38)48(63)44(30(10-4)23-52)59(11-5)50(65)67-26-53/h7-15,18-23,26-30,37-38,43-44,51-53H,1-5,16-17,24-25H2,6H3,(H,54,56)(H,55,57)(H,58,64)/t27-,28+,30?,37-,38-,43-,44-/m0/s1. The molecule has 6 aromatic rings. The van der Waals surface area contributed by atoms with Gasteiger partial charge in [0.25, 0.3) is 0 Å². The molecular formula is C50H51N11O6S2. The van der Waals surface area contributed by atoms with Crippen LogP contribution in [-0.4, -0.2) is 110 Å². The second kappa shape index (κ2) is 20.2. The molecule has 0 radical (unpaired) electrons. The summed E-state index contributed by atoms with van der Waals surface area (Å²) in [7, 11) is 1.25. The maximum Gasteiger partial charge on any atom is 0.420 e. The summed E-state index contributed by atoms with van der Waals surface area (Å²) in [5, 5.41) is 26.0. The van der Waals surface area contributed by atoms with Crippen molar-refractivity contribution in [3.05, 3.63) is 124 Å². The molecule has 6 N–H and O–H groups in total. The zero-order valence-corrected chi connectivity index (χ0v) is 39.4. The van der Waals surface area contributed by atoms with Crippen LogP contribution in [0.25, 0.3) is 52.3 Å². The zero-order valence-electron chi connectivity index (χ0n) is 37.7. The number of hydrogen-bond donors (Lipinski definition) is 6. The highest BCUT2D eigenvalue weighted by Crippen LogP contribution is 2.44. The quantitative estimate of drug-likeness (QED) is 0.0275. The van der Waals surface area contributed by atoms with Gasteiger partial charge in [0.05, 0.1) is 41.3 Å². The highest BCUT2D eigenvalue weighted by molar-refractivity contribution is 7.31. The van der Waals surface area contributed by atoms with E-state index in [1.807, 2.05) is 36.4 Å². The lowest BCUT2D eigenvalue weighted by atomic mass is 9.98. The van der Waals surface area contributed by atoms with Crippen molar-refractivity contribution < 1.29 is 28.7 Å². The van der Waals surface area contributed by atoms with Crippen molar-refractivity contribution in [2.24, 2.45) is 23.7 Å². The fourth-order valence-corrected chi connectivity index (χ4v) is 11.6. The molecule has 2 aromatic carbocycles. The first-order valence-electron chi connectivity index (χ1n) is 22.0. The van der Waals surface area contributed by atoms with Gasteiger partial charge in [0.1, 0.15) is 23.7 Å². The van der Waals surface area contributed by atoms with E-state index in [4.69, 9.17) is 35.7 Å². The van der Waals surface area contributed by atoms with Crippen molar-refractivity contribution in [1.82, 2.24) is 40.0 Å². The zero-order chi connectivity index (χ0) is 49.1. The topological polar surface area (TPSA) is 237 Å². The lowest BCUT2D eigenvalue weighted by Crippen LogP contribution is -2.52. The molecule has 6 heterocycles. The van der Waals surface area contributed by atoms with Crippen molar-refractivity contribution in [3.8, 4) is 20.9 Å². The summed E-state index contributed by atoms with van der Waals surface area (Å²) in [5.74, 6) is -1.33. The van der Waals surface area contributed by atoms with E-state index in [9.17, 15) is 19.2 Å². The first-order chi connectivity index (χ1) is 33.4. The molecule has 4 amide bonds. The average molecular weight is 966 g/mol. The molecule has 0 aliphatic carbocycles. The fourth-order valence-electron chi connectivity index (χ4n) is 9.23. The summed E-state index contributed by atoms with van der Waals surface area (Å²) in [6, 6.07) is 13.2. The minimum atomic E-state index is -1.27. The van der Waals surface area contributed by atoms with Gasteiger partial charge in [-0.1, -0.05) is 43.0 Å². The van der Waals surface area contributed by atoms with Crippen LogP contribution in [0, 0.1) is 39.9 Å². The molecule has 2 aliphatic heterocycles. The van der Waals surface area contributed by atoms with E-state index in [1.54, 1.807) is 44.6 Å². The van der Waals surface area contributed by atoms with Crippen LogP contribution in [0.5, 0.6) is 0 Å². The summed E-state index contributed by atoms with van der Waals surface area (Å²) < 4.78 is 11.8. The Kier molecular flexibility index (Phi) is 14.0. The first kappa shape index (κ1) is 47.7. The van der Waals surface area contributed by atoms with E-state index in [1.165, 1.54) is 19.4 Å². The van der Waals surface area contributed by atoms with E-state index in [-0.39, 0.29) is 24.3 Å². The van der Waals surface area contributed by atoms with Crippen LogP contribution in [-0.2, 0) is 19.1 Å². The summed E-state index contributed by atoms with van der Waals surface area (Å²) in [4.78, 5) is 76.8. The number of ether oxygens (including phenoxy) is 2. The molecular weight excluding hydrogens is 915 g/mol. The second-order valence-corrected chi connectivity index (χ2v) is 18.9. The molecule has 2 saturated heterocycles. The lowest BCUT2D eigenvalue weighted by Gasteiger charge is -2.34. The maximum atomic E-state index is 14.4. The molecule has 2 fully saturated rings. The summed E-state index contributed by atoms with van der Waals surface area (Å²) in [6.07, 6.45) is 9.58. The van der Waals surface area contributed by atoms with Crippen LogP contribution in [0.3, 0.4) is 0 Å². The van der Waals surface area contributed by atoms with Crippen LogP contribution in [0.1, 0.15) is 36.6 Å². The third-order valence-electron chi connectivity index (χ3n) is 12.8. The molecule has 0 saturated carbocycles. The molecule has 2 aliphatic rings. The van der Waals surface area contributed by atoms with E-state index < -0.39 is 54.1 Å². The SMILES string of the molecule is C=CC(C=C)[C@H](NC(=O)OC)C(=O)N1C[C@@H](C=C)C[C@H]1c1nc2ccc(-c3cc4sc(-c5ccc6nc([C@@H]7C[C@H](C=N)CN7C(=O)[C@H](C(C=C)C=N)N(C=C)C(=O)OC=N)[nH]c6c5)cc4s3)cc2[nH]1. The number of nitrogens with zero attached hydrogens (tertiary/aromatic N) is 5. The number of aromatic nitrogens is 4. The summed E-state index contributed by atoms with van der Waals surface area (Å²) in [5.41, 5.74) is 5.05. The minimum absolute atomic E-state index is 0.0194. The van der Waals surface area contributed by atoms with Gasteiger partial charge >= 0.3 is 12.2 Å². The predicted molar refractivity (Wildman–Crippen MR) is 271 cm³/mol. The Bertz CT molecular complexity index is 3010. The Morgan fingerprint density at radius 3 is 1.80 bits per heavy atom. The van der Waals surface area contributed by atoms with Crippen molar-refractivity contribution in [2.75, 3.05) is 20.2 Å². The first-order valence-corrected chi connectivity index (χ1v) is 23.6. The van der Waals surface area contributed by atoms with Crippen LogP contribution in [0.4, 0.5) is 9.59 Å². The van der Waals surface area contributed by atoms with Crippen LogP contribution >= 0.6 is 22.7 Å². The minimum Gasteiger partial charge on any atom is -0.453 e. The molecule has 4 aromatic heterocycles. The number of imidazole rings is 2. The molecule has 19 heteroatoms. The Morgan fingerprint density at radius 1 is 0.783 bits per heavy atom. The number of alkyl carbamates (subject to hydrolysis) is 1. The number of likely N-dealkylation sites (tertiary alicyclic amines) is 2. The van der Waals surface area contributed by atoms with Crippen molar-refractivity contribution >= 4 is 97.0 Å². The number of rotatable bonds is 18. The second-order valence-electron chi connectivity index (χ2n) is 16.7. The number of thiophene rings is 2. The van der Waals surface area contributed by atoms with Gasteiger partial charge in [0, 0.05) is 68.6 Å². The van der Waals surface area contributed by atoms with Gasteiger partial charge in [-0.05, 0) is 66.3 Å². The number of nitrogens with one attached hydrogen (secondary N) is 6. The van der Waals surface area contributed by atoms with Crippen LogP contribution in [0.15, 0.2) is 112 Å². The fraction of sp³-hybridized carbons (Fsp3) is 0.260. The van der Waals surface area contributed by atoms with E-state index >= 15 is 0 Å². The van der Waals surface area contributed by atoms with Gasteiger partial charge in [-0.25, -0.2) is 19.6 Å². The number of H-pyrrole nitrogens is 2. The average Bonchev–Trinajstić information content (AvgIpc) is 4.23. The number of aromatic amines is 2. The third-order valence-corrected chi connectivity index (χ3v) is 15.2. The van der Waals surface area contributed by atoms with Crippen molar-refractivity contribution in [2.45, 2.75) is 37.0 Å². The summed E-state index contributed by atoms with van der Waals surface area (Å²) >= 11 is 3.35. The molecule has 17 nitrogen and oxygen atoms in total. The molecule has 354 valence electrons. The monoisotopic (exact) mass is 965 g/mol. The Hall–Kier alpha value is -7.77. The van der Waals surface area contributed by atoms with Gasteiger partial charge in [0.15, 0.2) is 6.40 Å². The van der Waals surface area contributed by atoms with Gasteiger partial charge in [0.2, 0.25) is 11.8 Å². The number of benzene rings is 2. The number of carbonyl (C=O) groups excluding carboxylic acids is 4. The van der Waals surface area contributed by atoms with Gasteiger partial charge in [-0.2, -0.15) is 0 Å². The molecule has 0 bridgehead atoms. The van der Waals surface area contributed by atoms with Crippen molar-refractivity contribution in [3.63, 3.8) is 0 Å². The maximum absolute atomic E-state index is 14.4. The smallest absolute Gasteiger partial charge is 0.420 e. The van der Waals surface area contributed by atoms with E-state index in [0.717, 1.165) is 64.1 Å².